The lowest BCUT2D eigenvalue weighted by Crippen LogP contribution is -1.98. The van der Waals surface area contributed by atoms with E-state index in [4.69, 9.17) is 12.2 Å². The van der Waals surface area contributed by atoms with Crippen molar-refractivity contribution >= 4 is 28.1 Å². The molecule has 0 spiro atoms. The summed E-state index contributed by atoms with van der Waals surface area (Å²) >= 11 is 8.75. The molecule has 1 fully saturated rings. The maximum absolute atomic E-state index is 13.5. The molecule has 2 aromatic rings. The molecule has 1 saturated carbocycles. The summed E-state index contributed by atoms with van der Waals surface area (Å²) in [6.07, 6.45) is 2.32. The highest BCUT2D eigenvalue weighted by Gasteiger charge is 2.27. The zero-order valence-electron chi connectivity index (χ0n) is 10.3. The smallest absolute Gasteiger partial charge is 0.144 e. The Labute approximate surface area is 124 Å². The molecule has 0 bridgehead atoms. The van der Waals surface area contributed by atoms with Crippen LogP contribution in [-0.2, 0) is 0 Å². The maximum Gasteiger partial charge on any atom is 0.144 e. The standard InChI is InChI=1S/C14H12BrFN2S/c1-7-4-9(6-10(16)5-7)13-17-12(8-2-3-8)11(15)14(19)18-13/h4-6,8H,2-3H2,1H3,(H,17,18,19). The molecule has 0 aliphatic heterocycles. The Balaban J connectivity index is 2.17. The molecule has 5 heteroatoms. The first-order chi connectivity index (χ1) is 9.04. The van der Waals surface area contributed by atoms with Gasteiger partial charge >= 0.3 is 0 Å². The molecule has 3 rings (SSSR count). The Hall–Kier alpha value is -1.07. The van der Waals surface area contributed by atoms with Crippen molar-refractivity contribution in [3.05, 3.63) is 44.4 Å². The van der Waals surface area contributed by atoms with Crippen LogP contribution in [0.5, 0.6) is 0 Å². The van der Waals surface area contributed by atoms with Gasteiger partial charge in [0, 0.05) is 17.2 Å². The summed E-state index contributed by atoms with van der Waals surface area (Å²) in [4.78, 5) is 7.64. The molecule has 19 heavy (non-hydrogen) atoms. The molecule has 0 unspecified atom stereocenters. The van der Waals surface area contributed by atoms with Crippen molar-refractivity contribution in [1.29, 1.82) is 0 Å². The van der Waals surface area contributed by atoms with Gasteiger partial charge in [-0.25, -0.2) is 9.37 Å². The Kier molecular flexibility index (Phi) is 3.27. The minimum absolute atomic E-state index is 0.257. The lowest BCUT2D eigenvalue weighted by Gasteiger charge is -2.08. The average Bonchev–Trinajstić information content (AvgIpc) is 3.15. The Morgan fingerprint density at radius 3 is 2.74 bits per heavy atom. The van der Waals surface area contributed by atoms with Crippen molar-refractivity contribution in [2.24, 2.45) is 0 Å². The normalized spacial score (nSPS) is 14.7. The molecule has 2 nitrogen and oxygen atoms in total. The van der Waals surface area contributed by atoms with Gasteiger partial charge in [-0.2, -0.15) is 0 Å². The monoisotopic (exact) mass is 338 g/mol. The molecule has 0 saturated heterocycles. The molecule has 0 amide bonds. The van der Waals surface area contributed by atoms with E-state index in [0.29, 0.717) is 16.4 Å². The molecule has 1 aliphatic rings. The molecule has 1 aromatic carbocycles. The van der Waals surface area contributed by atoms with Crippen LogP contribution in [0.3, 0.4) is 0 Å². The third-order valence-corrected chi connectivity index (χ3v) is 4.55. The quantitative estimate of drug-likeness (QED) is 0.789. The predicted molar refractivity (Wildman–Crippen MR) is 79.2 cm³/mol. The second kappa shape index (κ2) is 4.80. The molecular weight excluding hydrogens is 327 g/mol. The van der Waals surface area contributed by atoms with E-state index in [1.807, 2.05) is 13.0 Å². The fourth-order valence-corrected chi connectivity index (χ4v) is 2.85. The Bertz CT molecular complexity index is 687. The number of nitrogens with one attached hydrogen (secondary N) is 1. The molecule has 1 N–H and O–H groups in total. The first-order valence-corrected chi connectivity index (χ1v) is 7.32. The van der Waals surface area contributed by atoms with E-state index >= 15 is 0 Å². The minimum atomic E-state index is -0.257. The van der Waals surface area contributed by atoms with Crippen molar-refractivity contribution in [3.8, 4) is 11.4 Å². The van der Waals surface area contributed by atoms with Gasteiger partial charge in [-0.3, -0.25) is 0 Å². The molecule has 98 valence electrons. The number of aromatic nitrogens is 2. The summed E-state index contributed by atoms with van der Waals surface area (Å²) in [5.74, 6) is 0.900. The first-order valence-electron chi connectivity index (χ1n) is 6.12. The highest BCUT2D eigenvalue weighted by atomic mass is 79.9. The van der Waals surface area contributed by atoms with E-state index < -0.39 is 0 Å². The lowest BCUT2D eigenvalue weighted by molar-refractivity contribution is 0.627. The van der Waals surface area contributed by atoms with Crippen molar-refractivity contribution in [3.63, 3.8) is 0 Å². The van der Waals surface area contributed by atoms with E-state index in [2.05, 4.69) is 25.9 Å². The molecule has 0 atom stereocenters. The summed E-state index contributed by atoms with van der Waals surface area (Å²) in [6.45, 7) is 1.86. The van der Waals surface area contributed by atoms with Gasteiger partial charge in [0.05, 0.1) is 4.47 Å². The number of aromatic amines is 1. The fourth-order valence-electron chi connectivity index (χ4n) is 2.14. The van der Waals surface area contributed by atoms with Crippen LogP contribution in [0.2, 0.25) is 0 Å². The number of hydrogen-bond acceptors (Lipinski definition) is 2. The first kappa shape index (κ1) is 12.9. The van der Waals surface area contributed by atoms with E-state index in [1.54, 1.807) is 0 Å². The second-order valence-electron chi connectivity index (χ2n) is 4.91. The van der Waals surface area contributed by atoms with Crippen LogP contribution < -0.4 is 0 Å². The fraction of sp³-hybridized carbons (Fsp3) is 0.286. The number of rotatable bonds is 2. The summed E-state index contributed by atoms with van der Waals surface area (Å²) < 4.78 is 14.9. The predicted octanol–water partition coefficient (Wildman–Crippen LogP) is 4.89. The summed E-state index contributed by atoms with van der Waals surface area (Å²) in [5.41, 5.74) is 2.68. The van der Waals surface area contributed by atoms with Gasteiger partial charge in [0.2, 0.25) is 0 Å². The van der Waals surface area contributed by atoms with Crippen LogP contribution >= 0.6 is 28.1 Å². The van der Waals surface area contributed by atoms with Gasteiger partial charge in [0.25, 0.3) is 0 Å². The van der Waals surface area contributed by atoms with Gasteiger partial charge in [0.15, 0.2) is 0 Å². The van der Waals surface area contributed by atoms with Crippen LogP contribution in [-0.4, -0.2) is 9.97 Å². The summed E-state index contributed by atoms with van der Waals surface area (Å²) in [6, 6.07) is 4.88. The number of aryl methyl sites for hydroxylation is 1. The van der Waals surface area contributed by atoms with Crippen molar-refractivity contribution < 1.29 is 4.39 Å². The number of nitrogens with zero attached hydrogens (tertiary/aromatic N) is 1. The Morgan fingerprint density at radius 1 is 1.37 bits per heavy atom. The minimum Gasteiger partial charge on any atom is -0.342 e. The van der Waals surface area contributed by atoms with E-state index in [0.717, 1.165) is 34.1 Å². The molecule has 1 aliphatic carbocycles. The molecule has 0 radical (unpaired) electrons. The van der Waals surface area contributed by atoms with Crippen LogP contribution in [0.1, 0.15) is 30.0 Å². The number of H-pyrrole nitrogens is 1. The number of hydrogen-bond donors (Lipinski definition) is 1. The number of benzene rings is 1. The van der Waals surface area contributed by atoms with E-state index in [9.17, 15) is 4.39 Å². The van der Waals surface area contributed by atoms with Crippen molar-refractivity contribution in [2.75, 3.05) is 0 Å². The van der Waals surface area contributed by atoms with Gasteiger partial charge in [-0.1, -0.05) is 12.2 Å². The van der Waals surface area contributed by atoms with Crippen LogP contribution in [0.25, 0.3) is 11.4 Å². The molecule has 1 heterocycles. The van der Waals surface area contributed by atoms with Gasteiger partial charge in [-0.15, -0.1) is 0 Å². The summed E-state index contributed by atoms with van der Waals surface area (Å²) in [5, 5.41) is 0. The second-order valence-corrected chi connectivity index (χ2v) is 6.09. The van der Waals surface area contributed by atoms with Gasteiger partial charge < -0.3 is 4.98 Å². The maximum atomic E-state index is 13.5. The SMILES string of the molecule is Cc1cc(F)cc(-c2nc(=S)c(Br)c(C3CC3)[nH]2)c1. The highest BCUT2D eigenvalue weighted by molar-refractivity contribution is 9.10. The average molecular weight is 339 g/mol. The highest BCUT2D eigenvalue weighted by Crippen LogP contribution is 2.42. The Morgan fingerprint density at radius 2 is 2.11 bits per heavy atom. The molecular formula is C14H12BrFN2S. The largest absolute Gasteiger partial charge is 0.342 e. The third-order valence-electron chi connectivity index (χ3n) is 3.19. The third kappa shape index (κ3) is 2.62. The summed E-state index contributed by atoms with van der Waals surface area (Å²) in [7, 11) is 0. The van der Waals surface area contributed by atoms with E-state index in [-0.39, 0.29) is 5.82 Å². The van der Waals surface area contributed by atoms with Gasteiger partial charge in [-0.05, 0) is 59.5 Å². The molecule has 1 aromatic heterocycles. The lowest BCUT2D eigenvalue weighted by atomic mass is 10.1. The topological polar surface area (TPSA) is 28.7 Å². The zero-order valence-corrected chi connectivity index (χ0v) is 12.7. The van der Waals surface area contributed by atoms with Crippen LogP contribution in [0.15, 0.2) is 22.7 Å². The number of halogens is 2. The van der Waals surface area contributed by atoms with Crippen LogP contribution in [0, 0.1) is 17.4 Å². The van der Waals surface area contributed by atoms with Gasteiger partial charge in [0.1, 0.15) is 16.3 Å². The van der Waals surface area contributed by atoms with E-state index in [1.165, 1.54) is 12.1 Å². The van der Waals surface area contributed by atoms with Crippen molar-refractivity contribution in [2.45, 2.75) is 25.7 Å². The van der Waals surface area contributed by atoms with Crippen LogP contribution in [0.4, 0.5) is 4.39 Å². The zero-order chi connectivity index (χ0) is 13.6. The van der Waals surface area contributed by atoms with Crippen molar-refractivity contribution in [1.82, 2.24) is 9.97 Å².